The molecule has 0 aliphatic rings. The Balaban J connectivity index is 4.25. The topological polar surface area (TPSA) is 78.9 Å². The molecule has 0 rings (SSSR count). The van der Waals surface area contributed by atoms with Crippen LogP contribution in [0.15, 0.2) is 24.3 Å². The van der Waals surface area contributed by atoms with E-state index < -0.39 is 6.10 Å². The van der Waals surface area contributed by atoms with Gasteiger partial charge in [0.2, 0.25) is 0 Å². The van der Waals surface area contributed by atoms with Crippen LogP contribution in [0.2, 0.25) is 0 Å². The lowest BCUT2D eigenvalue weighted by molar-refractivity contribution is -0.167. The second-order valence-corrected chi connectivity index (χ2v) is 25.9. The maximum atomic E-state index is 13.0. The maximum absolute atomic E-state index is 13.0. The minimum Gasteiger partial charge on any atom is -0.462 e. The summed E-state index contributed by atoms with van der Waals surface area (Å²) in [5, 5.41) is 0. The molecule has 0 aliphatic carbocycles. The van der Waals surface area contributed by atoms with Gasteiger partial charge in [0.15, 0.2) is 6.10 Å². The third-order valence-electron chi connectivity index (χ3n) is 17.4. The van der Waals surface area contributed by atoms with E-state index in [1.54, 1.807) is 0 Å². The van der Waals surface area contributed by atoms with E-state index in [0.717, 1.165) is 64.2 Å². The molecule has 6 nitrogen and oxygen atoms in total. The summed E-state index contributed by atoms with van der Waals surface area (Å²) in [4.78, 5) is 38.5. The van der Waals surface area contributed by atoms with Gasteiger partial charge in [-0.05, 0) is 70.6 Å². The SMILES string of the molecule is CCCCCCCCC/C=C\CCCCCCCC(=O)OCC(COC(=O)CCCCCCCCCCCCCCCCCCCCCCCCCCCC)OC(=O)CCCCCCCCCCCCC/C=C\CCCCCCCCCC. The highest BCUT2D eigenvalue weighted by Crippen LogP contribution is 2.19. The zero-order valence-electron chi connectivity index (χ0n) is 56.5. The van der Waals surface area contributed by atoms with Gasteiger partial charge >= 0.3 is 17.9 Å². The summed E-state index contributed by atoms with van der Waals surface area (Å²) < 4.78 is 17.0. The molecule has 0 bridgehead atoms. The van der Waals surface area contributed by atoms with Gasteiger partial charge in [-0.15, -0.1) is 0 Å². The van der Waals surface area contributed by atoms with Gasteiger partial charge in [-0.25, -0.2) is 0 Å². The zero-order chi connectivity index (χ0) is 59.9. The average molecular weight is 1170 g/mol. The number of rotatable bonds is 71. The summed E-state index contributed by atoms with van der Waals surface area (Å²) in [6.45, 7) is 6.72. The van der Waals surface area contributed by atoms with Gasteiger partial charge in [-0.2, -0.15) is 0 Å². The number of hydrogen-bond acceptors (Lipinski definition) is 6. The summed E-state index contributed by atoms with van der Waals surface area (Å²) in [6.07, 6.45) is 89.4. The molecule has 83 heavy (non-hydrogen) atoms. The van der Waals surface area contributed by atoms with Crippen LogP contribution in [-0.2, 0) is 28.6 Å². The van der Waals surface area contributed by atoms with Crippen molar-refractivity contribution in [2.75, 3.05) is 13.2 Å². The molecule has 0 amide bonds. The summed E-state index contributed by atoms with van der Waals surface area (Å²) >= 11 is 0. The molecule has 0 spiro atoms. The third-order valence-corrected chi connectivity index (χ3v) is 17.4. The molecule has 0 saturated heterocycles. The normalized spacial score (nSPS) is 12.1. The quantitative estimate of drug-likeness (QED) is 0.0261. The fourth-order valence-electron chi connectivity index (χ4n) is 11.7. The lowest BCUT2D eigenvalue weighted by atomic mass is 10.0. The van der Waals surface area contributed by atoms with Crippen molar-refractivity contribution in [1.82, 2.24) is 0 Å². The zero-order valence-corrected chi connectivity index (χ0v) is 56.5. The average Bonchev–Trinajstić information content (AvgIpc) is 3.49. The monoisotopic (exact) mass is 1170 g/mol. The van der Waals surface area contributed by atoms with Crippen LogP contribution in [0.1, 0.15) is 432 Å². The summed E-state index contributed by atoms with van der Waals surface area (Å²) in [5.41, 5.74) is 0. The molecule has 490 valence electrons. The smallest absolute Gasteiger partial charge is 0.306 e. The van der Waals surface area contributed by atoms with Crippen LogP contribution in [0, 0.1) is 0 Å². The van der Waals surface area contributed by atoms with E-state index in [0.29, 0.717) is 19.3 Å². The number of unbranched alkanes of at least 4 members (excludes halogenated alkanes) is 56. The molecule has 0 aromatic carbocycles. The van der Waals surface area contributed by atoms with E-state index in [1.807, 2.05) is 0 Å². The summed E-state index contributed by atoms with van der Waals surface area (Å²) in [6, 6.07) is 0. The van der Waals surface area contributed by atoms with Gasteiger partial charge in [0, 0.05) is 19.3 Å². The van der Waals surface area contributed by atoms with E-state index in [4.69, 9.17) is 14.2 Å². The van der Waals surface area contributed by atoms with Crippen LogP contribution in [-0.4, -0.2) is 37.2 Å². The standard InChI is InChI=1S/C77H146O6/c1-4-7-10-13-16-19-22-25-28-31-33-35-37-38-39-41-42-44-46-49-52-55-58-61-64-67-70-76(79)82-73-74(72-81-75(78)69-66-63-60-57-54-51-48-30-27-24-21-18-15-12-9-6-3)83-77(80)71-68-65-62-59-56-53-50-47-45-43-40-36-34-32-29-26-23-20-17-14-11-8-5-2/h30,32,34,48,74H,4-29,31,33,35-47,49-73H2,1-3H3/b34-32-,48-30-. The van der Waals surface area contributed by atoms with Crippen molar-refractivity contribution < 1.29 is 28.6 Å². The molecular weight excluding hydrogens is 1020 g/mol. The molecule has 1 atom stereocenters. The minimum absolute atomic E-state index is 0.0682. The Morgan fingerprint density at radius 2 is 0.398 bits per heavy atom. The van der Waals surface area contributed by atoms with Crippen molar-refractivity contribution >= 4 is 17.9 Å². The first-order chi connectivity index (χ1) is 41.0. The van der Waals surface area contributed by atoms with E-state index in [9.17, 15) is 14.4 Å². The number of esters is 3. The van der Waals surface area contributed by atoms with Crippen molar-refractivity contribution in [2.45, 2.75) is 438 Å². The van der Waals surface area contributed by atoms with E-state index >= 15 is 0 Å². The first kappa shape index (κ1) is 80.9. The van der Waals surface area contributed by atoms with Gasteiger partial charge in [0.05, 0.1) is 0 Å². The minimum atomic E-state index is -0.774. The van der Waals surface area contributed by atoms with E-state index in [2.05, 4.69) is 45.1 Å². The Labute approximate surface area is 519 Å². The lowest BCUT2D eigenvalue weighted by Crippen LogP contribution is -2.30. The van der Waals surface area contributed by atoms with Crippen molar-refractivity contribution in [3.05, 3.63) is 24.3 Å². The number of carbonyl (C=O) groups is 3. The molecule has 0 aromatic rings. The van der Waals surface area contributed by atoms with Crippen molar-refractivity contribution in [3.8, 4) is 0 Å². The second kappa shape index (κ2) is 72.4. The van der Waals surface area contributed by atoms with E-state index in [-0.39, 0.29) is 31.1 Å². The number of ether oxygens (including phenoxy) is 3. The molecule has 0 saturated carbocycles. The summed E-state index contributed by atoms with van der Waals surface area (Å²) in [7, 11) is 0. The van der Waals surface area contributed by atoms with E-state index in [1.165, 1.54) is 327 Å². The Hall–Kier alpha value is -2.11. The molecule has 0 radical (unpaired) electrons. The van der Waals surface area contributed by atoms with Crippen molar-refractivity contribution in [1.29, 1.82) is 0 Å². The highest BCUT2D eigenvalue weighted by Gasteiger charge is 2.20. The fourth-order valence-corrected chi connectivity index (χ4v) is 11.7. The third kappa shape index (κ3) is 70.5. The predicted molar refractivity (Wildman–Crippen MR) is 363 cm³/mol. The van der Waals surface area contributed by atoms with Crippen molar-refractivity contribution in [2.24, 2.45) is 0 Å². The highest BCUT2D eigenvalue weighted by atomic mass is 16.6. The number of hydrogen-bond donors (Lipinski definition) is 0. The first-order valence-corrected chi connectivity index (χ1v) is 37.8. The maximum Gasteiger partial charge on any atom is 0.306 e. The Morgan fingerprint density at radius 1 is 0.229 bits per heavy atom. The molecule has 1 unspecified atom stereocenters. The predicted octanol–water partition coefficient (Wildman–Crippen LogP) is 26.1. The van der Waals surface area contributed by atoms with Crippen LogP contribution in [0.25, 0.3) is 0 Å². The molecule has 0 N–H and O–H groups in total. The van der Waals surface area contributed by atoms with Crippen LogP contribution in [0.3, 0.4) is 0 Å². The molecule has 0 aromatic heterocycles. The first-order valence-electron chi connectivity index (χ1n) is 37.8. The van der Waals surface area contributed by atoms with Gasteiger partial charge in [-0.1, -0.05) is 366 Å². The molecule has 0 heterocycles. The van der Waals surface area contributed by atoms with Crippen LogP contribution in [0.4, 0.5) is 0 Å². The molecule has 0 fully saturated rings. The van der Waals surface area contributed by atoms with Gasteiger partial charge < -0.3 is 14.2 Å². The second-order valence-electron chi connectivity index (χ2n) is 25.9. The Kier molecular flexibility index (Phi) is 70.5. The van der Waals surface area contributed by atoms with Gasteiger partial charge in [-0.3, -0.25) is 14.4 Å². The fraction of sp³-hybridized carbons (Fsp3) is 0.909. The Morgan fingerprint density at radius 3 is 0.602 bits per heavy atom. The number of allylic oxidation sites excluding steroid dienone is 4. The molecular formula is C77H146O6. The molecule has 0 aliphatic heterocycles. The van der Waals surface area contributed by atoms with Gasteiger partial charge in [0.25, 0.3) is 0 Å². The molecule has 6 heteroatoms. The Bertz CT molecular complexity index is 1340. The van der Waals surface area contributed by atoms with Crippen LogP contribution >= 0.6 is 0 Å². The van der Waals surface area contributed by atoms with Gasteiger partial charge in [0.1, 0.15) is 13.2 Å². The highest BCUT2D eigenvalue weighted by molar-refractivity contribution is 5.71. The van der Waals surface area contributed by atoms with Crippen LogP contribution in [0.5, 0.6) is 0 Å². The van der Waals surface area contributed by atoms with Crippen LogP contribution < -0.4 is 0 Å². The van der Waals surface area contributed by atoms with Crippen molar-refractivity contribution in [3.63, 3.8) is 0 Å². The lowest BCUT2D eigenvalue weighted by Gasteiger charge is -2.18. The number of carbonyl (C=O) groups excluding carboxylic acids is 3. The summed E-state index contributed by atoms with van der Waals surface area (Å²) in [5.74, 6) is -0.842. The largest absolute Gasteiger partial charge is 0.462 e.